The Labute approximate surface area is 169 Å². The van der Waals surface area contributed by atoms with Gasteiger partial charge in [-0.2, -0.15) is 0 Å². The summed E-state index contributed by atoms with van der Waals surface area (Å²) in [5, 5.41) is 0. The number of rotatable bonds is 4. The van der Waals surface area contributed by atoms with Gasteiger partial charge in [0.1, 0.15) is 5.82 Å². The second kappa shape index (κ2) is 7.47. The Morgan fingerprint density at radius 1 is 0.929 bits per heavy atom. The van der Waals surface area contributed by atoms with Gasteiger partial charge in [-0.25, -0.2) is 4.98 Å². The first-order valence-corrected chi connectivity index (χ1v) is 11.2. The van der Waals surface area contributed by atoms with Crippen LogP contribution in [0.15, 0.2) is 36.7 Å². The van der Waals surface area contributed by atoms with Crippen molar-refractivity contribution in [2.75, 3.05) is 31.1 Å². The second-order valence-corrected chi connectivity index (χ2v) is 9.09. The van der Waals surface area contributed by atoms with Crippen LogP contribution < -0.4 is 4.90 Å². The van der Waals surface area contributed by atoms with Gasteiger partial charge in [0.15, 0.2) is 0 Å². The van der Waals surface area contributed by atoms with E-state index in [2.05, 4.69) is 46.0 Å². The predicted molar refractivity (Wildman–Crippen MR) is 115 cm³/mol. The van der Waals surface area contributed by atoms with E-state index >= 15 is 0 Å². The molecule has 0 amide bonds. The summed E-state index contributed by atoms with van der Waals surface area (Å²) in [7, 11) is 0. The fraction of sp³-hybridized carbons (Fsp3) is 0.583. The third-order valence-corrected chi connectivity index (χ3v) is 7.48. The van der Waals surface area contributed by atoms with Gasteiger partial charge in [-0.1, -0.05) is 19.4 Å². The molecule has 1 saturated carbocycles. The number of aryl methyl sites for hydroxylation is 1. The van der Waals surface area contributed by atoms with E-state index in [0.29, 0.717) is 5.41 Å². The van der Waals surface area contributed by atoms with Crippen LogP contribution in [0.4, 0.5) is 5.82 Å². The third kappa shape index (κ3) is 3.43. The fourth-order valence-electron chi connectivity index (χ4n) is 5.20. The van der Waals surface area contributed by atoms with E-state index in [9.17, 15) is 0 Å². The quantitative estimate of drug-likeness (QED) is 0.783. The molecule has 2 aromatic heterocycles. The lowest BCUT2D eigenvalue weighted by Gasteiger charge is -2.41. The highest BCUT2D eigenvalue weighted by Crippen LogP contribution is 2.43. The first-order chi connectivity index (χ1) is 13.7. The first kappa shape index (κ1) is 18.1. The Morgan fingerprint density at radius 3 is 2.21 bits per heavy atom. The topological polar surface area (TPSA) is 32.3 Å². The molecule has 5 rings (SSSR count). The average molecular weight is 377 g/mol. The largest absolute Gasteiger partial charge is 0.357 e. The van der Waals surface area contributed by atoms with Crippen LogP contribution in [-0.2, 0) is 6.42 Å². The lowest BCUT2D eigenvalue weighted by atomic mass is 9.77. The number of pyridine rings is 2. The molecule has 2 aromatic rings. The molecule has 28 heavy (non-hydrogen) atoms. The summed E-state index contributed by atoms with van der Waals surface area (Å²) in [6.45, 7) is 7.12. The summed E-state index contributed by atoms with van der Waals surface area (Å²) in [6, 6.07) is 9.57. The highest BCUT2D eigenvalue weighted by Gasteiger charge is 2.43. The van der Waals surface area contributed by atoms with E-state index in [0.717, 1.165) is 48.2 Å². The van der Waals surface area contributed by atoms with E-state index in [4.69, 9.17) is 4.98 Å². The Kier molecular flexibility index (Phi) is 4.83. The Hall–Kier alpha value is -1.94. The van der Waals surface area contributed by atoms with E-state index in [1.165, 1.54) is 51.6 Å². The van der Waals surface area contributed by atoms with Gasteiger partial charge < -0.3 is 4.90 Å². The molecule has 0 unspecified atom stereocenters. The fourth-order valence-corrected chi connectivity index (χ4v) is 5.20. The molecular weight excluding hydrogens is 344 g/mol. The number of anilines is 1. The van der Waals surface area contributed by atoms with Crippen molar-refractivity contribution in [3.63, 3.8) is 0 Å². The van der Waals surface area contributed by atoms with Gasteiger partial charge in [0.25, 0.3) is 0 Å². The average Bonchev–Trinajstić information content (AvgIpc) is 3.10. The van der Waals surface area contributed by atoms with Crippen LogP contribution in [0.3, 0.4) is 0 Å². The highest BCUT2D eigenvalue weighted by atomic mass is 15.2. The van der Waals surface area contributed by atoms with Crippen molar-refractivity contribution >= 4 is 5.82 Å². The number of hydrogen-bond donors (Lipinski definition) is 0. The summed E-state index contributed by atoms with van der Waals surface area (Å²) in [5.74, 6) is 1.13. The molecule has 3 fully saturated rings. The molecule has 4 heterocycles. The molecule has 1 spiro atoms. The maximum atomic E-state index is 4.79. The molecule has 148 valence electrons. The maximum Gasteiger partial charge on any atom is 0.128 e. The highest BCUT2D eigenvalue weighted by molar-refractivity contribution is 5.63. The van der Waals surface area contributed by atoms with Gasteiger partial charge in [0, 0.05) is 54.9 Å². The summed E-state index contributed by atoms with van der Waals surface area (Å²) in [5.41, 5.74) is 4.02. The molecule has 4 nitrogen and oxygen atoms in total. The van der Waals surface area contributed by atoms with Gasteiger partial charge in [-0.05, 0) is 68.7 Å². The van der Waals surface area contributed by atoms with E-state index < -0.39 is 0 Å². The number of hydrogen-bond acceptors (Lipinski definition) is 4. The zero-order valence-electron chi connectivity index (χ0n) is 17.1. The monoisotopic (exact) mass is 376 g/mol. The number of likely N-dealkylation sites (tertiary alicyclic amines) is 1. The van der Waals surface area contributed by atoms with Crippen molar-refractivity contribution in [1.82, 2.24) is 14.9 Å². The van der Waals surface area contributed by atoms with Gasteiger partial charge in [0.05, 0.1) is 0 Å². The molecule has 4 heteroatoms. The lowest BCUT2D eigenvalue weighted by molar-refractivity contribution is 0.127. The first-order valence-electron chi connectivity index (χ1n) is 11.2. The molecule has 2 aliphatic heterocycles. The van der Waals surface area contributed by atoms with Crippen molar-refractivity contribution in [1.29, 1.82) is 0 Å². The zero-order valence-corrected chi connectivity index (χ0v) is 17.1. The minimum atomic E-state index is 0.582. The maximum absolute atomic E-state index is 4.79. The summed E-state index contributed by atoms with van der Waals surface area (Å²) in [4.78, 5) is 14.6. The standard InChI is InChI=1S/C24H32N4/c1-2-21-8-6-19(16-25-21)20-7-9-23(26-17-20)27-13-10-24(11-14-27)12-15-28(18-24)22-4-3-5-22/h6-9,16-17,22H,2-5,10-15,18H2,1H3. The predicted octanol–water partition coefficient (Wildman–Crippen LogP) is 4.55. The van der Waals surface area contributed by atoms with Crippen molar-refractivity contribution in [2.24, 2.45) is 5.41 Å². The SMILES string of the molecule is CCc1ccc(-c2ccc(N3CCC4(CC3)CCN(C3CCC3)C4)nc2)cn1. The number of nitrogens with zero attached hydrogens (tertiary/aromatic N) is 4. The zero-order chi connectivity index (χ0) is 19.0. The van der Waals surface area contributed by atoms with Gasteiger partial charge in [-0.15, -0.1) is 0 Å². The third-order valence-electron chi connectivity index (χ3n) is 7.48. The van der Waals surface area contributed by atoms with Gasteiger partial charge in [-0.3, -0.25) is 9.88 Å². The van der Waals surface area contributed by atoms with Crippen LogP contribution in [0.5, 0.6) is 0 Å². The van der Waals surface area contributed by atoms with Crippen LogP contribution in [0.2, 0.25) is 0 Å². The summed E-state index contributed by atoms with van der Waals surface area (Å²) >= 11 is 0. The lowest BCUT2D eigenvalue weighted by Crippen LogP contribution is -2.44. The van der Waals surface area contributed by atoms with E-state index in [1.807, 2.05) is 12.4 Å². The molecule has 0 aromatic carbocycles. The number of aromatic nitrogens is 2. The van der Waals surface area contributed by atoms with E-state index in [-0.39, 0.29) is 0 Å². The second-order valence-electron chi connectivity index (χ2n) is 9.09. The van der Waals surface area contributed by atoms with Gasteiger partial charge in [0.2, 0.25) is 0 Å². The summed E-state index contributed by atoms with van der Waals surface area (Å²) < 4.78 is 0. The summed E-state index contributed by atoms with van der Waals surface area (Å²) in [6.07, 6.45) is 13.3. The Morgan fingerprint density at radius 2 is 1.64 bits per heavy atom. The molecule has 1 aliphatic carbocycles. The molecule has 0 bridgehead atoms. The van der Waals surface area contributed by atoms with Crippen LogP contribution in [0.25, 0.3) is 11.1 Å². The molecule has 0 N–H and O–H groups in total. The van der Waals surface area contributed by atoms with Crippen LogP contribution in [0.1, 0.15) is 51.1 Å². The van der Waals surface area contributed by atoms with Crippen molar-refractivity contribution in [3.05, 3.63) is 42.4 Å². The van der Waals surface area contributed by atoms with Crippen molar-refractivity contribution < 1.29 is 0 Å². The van der Waals surface area contributed by atoms with Crippen LogP contribution in [0, 0.1) is 5.41 Å². The van der Waals surface area contributed by atoms with Crippen LogP contribution in [-0.4, -0.2) is 47.1 Å². The molecule has 3 aliphatic rings. The molecule has 0 atom stereocenters. The Bertz CT molecular complexity index is 786. The van der Waals surface area contributed by atoms with Crippen LogP contribution >= 0.6 is 0 Å². The van der Waals surface area contributed by atoms with Crippen molar-refractivity contribution in [2.45, 2.75) is 57.9 Å². The van der Waals surface area contributed by atoms with Crippen molar-refractivity contribution in [3.8, 4) is 11.1 Å². The number of piperidine rings is 1. The molecular formula is C24H32N4. The smallest absolute Gasteiger partial charge is 0.128 e. The molecule has 0 radical (unpaired) electrons. The molecule has 2 saturated heterocycles. The van der Waals surface area contributed by atoms with E-state index in [1.54, 1.807) is 0 Å². The van der Waals surface area contributed by atoms with Gasteiger partial charge >= 0.3 is 0 Å². The normalized spacial score (nSPS) is 22.5. The Balaban J connectivity index is 1.20. The minimum absolute atomic E-state index is 0.582. The minimum Gasteiger partial charge on any atom is -0.357 e.